The molecule has 0 aliphatic heterocycles. The van der Waals surface area contributed by atoms with Crippen molar-refractivity contribution in [1.82, 2.24) is 0 Å². The summed E-state index contributed by atoms with van der Waals surface area (Å²) in [6.07, 6.45) is 4.47. The van der Waals surface area contributed by atoms with E-state index in [4.69, 9.17) is 10.5 Å². The minimum Gasteiger partial charge on any atom is -0.461 e. The molecule has 0 atom stereocenters. The summed E-state index contributed by atoms with van der Waals surface area (Å²) >= 11 is 0. The molecule has 78 valence electrons. The number of nitrogens with two attached hydrogens (primary N) is 1. The van der Waals surface area contributed by atoms with Gasteiger partial charge in [0.2, 0.25) is 0 Å². The third-order valence-electron chi connectivity index (χ3n) is 2.10. The maximum Gasteiger partial charge on any atom is 0.325 e. The van der Waals surface area contributed by atoms with Crippen molar-refractivity contribution in [2.75, 3.05) is 0 Å². The molecule has 13 heavy (non-hydrogen) atoms. The van der Waals surface area contributed by atoms with Gasteiger partial charge in [-0.25, -0.2) is 0 Å². The minimum atomic E-state index is -0.845. The highest BCUT2D eigenvalue weighted by atomic mass is 35.5. The summed E-state index contributed by atoms with van der Waals surface area (Å²) in [7, 11) is 0. The second-order valence-electron chi connectivity index (χ2n) is 4.03. The minimum absolute atomic E-state index is 0. The Labute approximate surface area is 85.4 Å². The van der Waals surface area contributed by atoms with Crippen molar-refractivity contribution in [1.29, 1.82) is 0 Å². The molecule has 2 N–H and O–H groups in total. The summed E-state index contributed by atoms with van der Waals surface area (Å²) in [5.41, 5.74) is 4.74. The zero-order valence-corrected chi connectivity index (χ0v) is 9.02. The van der Waals surface area contributed by atoms with Gasteiger partial charge in [0.15, 0.2) is 0 Å². The van der Waals surface area contributed by atoms with Gasteiger partial charge in [-0.15, -0.1) is 12.4 Å². The van der Waals surface area contributed by atoms with Crippen molar-refractivity contribution < 1.29 is 9.53 Å². The lowest BCUT2D eigenvalue weighted by Gasteiger charge is -2.20. The van der Waals surface area contributed by atoms with Gasteiger partial charge >= 0.3 is 5.97 Å². The molecule has 1 aliphatic rings. The molecule has 0 aromatic carbocycles. The standard InChI is InChI=1S/C9H17NO2.ClH/c1-9(2,10)8(11)12-7-5-3-4-6-7;/h7H,3-6,10H2,1-2H3;1H. The van der Waals surface area contributed by atoms with Crippen LogP contribution in [0.2, 0.25) is 0 Å². The number of hydrogen-bond donors (Lipinski definition) is 1. The first-order chi connectivity index (χ1) is 5.50. The van der Waals surface area contributed by atoms with E-state index >= 15 is 0 Å². The van der Waals surface area contributed by atoms with Crippen molar-refractivity contribution in [2.24, 2.45) is 5.73 Å². The first-order valence-corrected chi connectivity index (χ1v) is 4.50. The summed E-state index contributed by atoms with van der Waals surface area (Å²) < 4.78 is 5.21. The van der Waals surface area contributed by atoms with Gasteiger partial charge in [-0.3, -0.25) is 4.79 Å². The normalized spacial score (nSPS) is 18.1. The van der Waals surface area contributed by atoms with Crippen LogP contribution in [0.4, 0.5) is 0 Å². The summed E-state index contributed by atoms with van der Waals surface area (Å²) in [5.74, 6) is -0.283. The molecule has 1 fully saturated rings. The molecule has 0 heterocycles. The lowest BCUT2D eigenvalue weighted by molar-refractivity contribution is -0.154. The highest BCUT2D eigenvalue weighted by Gasteiger charge is 2.28. The fourth-order valence-corrected chi connectivity index (χ4v) is 1.31. The molecule has 0 bridgehead atoms. The fraction of sp³-hybridized carbons (Fsp3) is 0.889. The number of hydrogen-bond acceptors (Lipinski definition) is 3. The van der Waals surface area contributed by atoms with E-state index in [2.05, 4.69) is 0 Å². The number of carbonyl (C=O) groups excluding carboxylic acids is 1. The molecule has 1 rings (SSSR count). The molecule has 1 aliphatic carbocycles. The third kappa shape index (κ3) is 3.96. The van der Waals surface area contributed by atoms with E-state index < -0.39 is 5.54 Å². The number of ether oxygens (including phenoxy) is 1. The molecule has 0 unspecified atom stereocenters. The van der Waals surface area contributed by atoms with Crippen molar-refractivity contribution in [3.05, 3.63) is 0 Å². The molecule has 0 amide bonds. The molecule has 4 heteroatoms. The Kier molecular flexibility index (Phi) is 4.71. The third-order valence-corrected chi connectivity index (χ3v) is 2.10. The molecular weight excluding hydrogens is 190 g/mol. The second kappa shape index (κ2) is 4.82. The van der Waals surface area contributed by atoms with E-state index in [1.165, 1.54) is 12.8 Å². The van der Waals surface area contributed by atoms with Gasteiger partial charge in [0.05, 0.1) is 0 Å². The van der Waals surface area contributed by atoms with Gasteiger partial charge in [-0.1, -0.05) is 0 Å². The van der Waals surface area contributed by atoms with Gasteiger partial charge in [0.1, 0.15) is 11.6 Å². The smallest absolute Gasteiger partial charge is 0.325 e. The second-order valence-corrected chi connectivity index (χ2v) is 4.03. The fourth-order valence-electron chi connectivity index (χ4n) is 1.31. The van der Waals surface area contributed by atoms with Crippen LogP contribution in [-0.2, 0) is 9.53 Å². The topological polar surface area (TPSA) is 52.3 Å². The van der Waals surface area contributed by atoms with Crippen LogP contribution in [0.25, 0.3) is 0 Å². The van der Waals surface area contributed by atoms with E-state index in [9.17, 15) is 4.79 Å². The molecule has 1 saturated carbocycles. The van der Waals surface area contributed by atoms with Crippen LogP contribution in [-0.4, -0.2) is 17.6 Å². The first kappa shape index (κ1) is 12.7. The quantitative estimate of drug-likeness (QED) is 0.701. The van der Waals surface area contributed by atoms with E-state index in [1.54, 1.807) is 13.8 Å². The average Bonchev–Trinajstić information content (AvgIpc) is 2.37. The lowest BCUT2D eigenvalue weighted by Crippen LogP contribution is -2.44. The predicted octanol–water partition coefficient (Wildman–Crippen LogP) is 1.63. The maximum absolute atomic E-state index is 11.3. The summed E-state index contributed by atoms with van der Waals surface area (Å²) in [6, 6.07) is 0. The van der Waals surface area contributed by atoms with Crippen LogP contribution in [0, 0.1) is 0 Å². The molecule has 0 aromatic heterocycles. The van der Waals surface area contributed by atoms with Crippen LogP contribution in [0.3, 0.4) is 0 Å². The van der Waals surface area contributed by atoms with Gasteiger partial charge < -0.3 is 10.5 Å². The Morgan fingerprint density at radius 3 is 2.23 bits per heavy atom. The Morgan fingerprint density at radius 1 is 1.38 bits per heavy atom. The number of rotatable bonds is 2. The number of esters is 1. The molecule has 0 saturated heterocycles. The van der Waals surface area contributed by atoms with Gasteiger partial charge in [0.25, 0.3) is 0 Å². The van der Waals surface area contributed by atoms with Crippen molar-refractivity contribution >= 4 is 18.4 Å². The Hall–Kier alpha value is -0.280. The van der Waals surface area contributed by atoms with E-state index in [0.29, 0.717) is 0 Å². The van der Waals surface area contributed by atoms with Gasteiger partial charge in [0, 0.05) is 0 Å². The first-order valence-electron chi connectivity index (χ1n) is 4.50. The summed E-state index contributed by atoms with van der Waals surface area (Å²) in [4.78, 5) is 11.3. The van der Waals surface area contributed by atoms with Crippen LogP contribution in [0.5, 0.6) is 0 Å². The molecule has 0 radical (unpaired) electrons. The maximum atomic E-state index is 11.3. The van der Waals surface area contributed by atoms with E-state index in [-0.39, 0.29) is 24.5 Å². The largest absolute Gasteiger partial charge is 0.461 e. The van der Waals surface area contributed by atoms with Crippen molar-refractivity contribution in [2.45, 2.75) is 51.2 Å². The molecule has 3 nitrogen and oxygen atoms in total. The van der Waals surface area contributed by atoms with Gasteiger partial charge in [-0.05, 0) is 39.5 Å². The monoisotopic (exact) mass is 207 g/mol. The van der Waals surface area contributed by atoms with E-state index in [0.717, 1.165) is 12.8 Å². The van der Waals surface area contributed by atoms with Crippen LogP contribution < -0.4 is 5.73 Å². The number of carbonyl (C=O) groups is 1. The predicted molar refractivity (Wildman–Crippen MR) is 53.9 cm³/mol. The average molecular weight is 208 g/mol. The Morgan fingerprint density at radius 2 is 1.85 bits per heavy atom. The molecule has 0 aromatic rings. The van der Waals surface area contributed by atoms with Crippen molar-refractivity contribution in [3.8, 4) is 0 Å². The Balaban J connectivity index is 0.00000144. The zero-order chi connectivity index (χ0) is 9.19. The SMILES string of the molecule is CC(C)(N)C(=O)OC1CCCC1.Cl. The van der Waals surface area contributed by atoms with Gasteiger partial charge in [-0.2, -0.15) is 0 Å². The van der Waals surface area contributed by atoms with Crippen molar-refractivity contribution in [3.63, 3.8) is 0 Å². The zero-order valence-electron chi connectivity index (χ0n) is 8.21. The Bertz CT molecular complexity index is 171. The van der Waals surface area contributed by atoms with E-state index in [1.807, 2.05) is 0 Å². The highest BCUT2D eigenvalue weighted by molar-refractivity contribution is 5.85. The molecule has 0 spiro atoms. The molecular formula is C9H18ClNO2. The summed E-state index contributed by atoms with van der Waals surface area (Å²) in [6.45, 7) is 3.34. The summed E-state index contributed by atoms with van der Waals surface area (Å²) in [5, 5.41) is 0. The lowest BCUT2D eigenvalue weighted by atomic mass is 10.1. The highest BCUT2D eigenvalue weighted by Crippen LogP contribution is 2.22. The van der Waals surface area contributed by atoms with Crippen LogP contribution >= 0.6 is 12.4 Å². The number of halogens is 1. The van der Waals surface area contributed by atoms with Crippen LogP contribution in [0.1, 0.15) is 39.5 Å². The van der Waals surface area contributed by atoms with Crippen LogP contribution in [0.15, 0.2) is 0 Å².